The molecular formula is C9H17NO2. The first-order valence-corrected chi connectivity index (χ1v) is 4.61. The molecule has 1 unspecified atom stereocenters. The molecule has 0 amide bonds. The van der Waals surface area contributed by atoms with Gasteiger partial charge in [-0.1, -0.05) is 31.9 Å². The quantitative estimate of drug-likeness (QED) is 0.553. The molecule has 0 fully saturated rings. The van der Waals surface area contributed by atoms with Crippen molar-refractivity contribution in [2.45, 2.75) is 52.0 Å². The lowest BCUT2D eigenvalue weighted by molar-refractivity contribution is -0.120. The molecule has 12 heavy (non-hydrogen) atoms. The number of Topliss-reactive ketones (excluding diaryl/α,β-unsaturated/α-hetero) is 1. The average Bonchev–Trinajstić information content (AvgIpc) is 2.10. The third-order valence-electron chi connectivity index (χ3n) is 1.84. The van der Waals surface area contributed by atoms with Crippen LogP contribution in [0, 0.1) is 4.91 Å². The van der Waals surface area contributed by atoms with Crippen LogP contribution in [-0.4, -0.2) is 11.8 Å². The monoisotopic (exact) mass is 171 g/mol. The van der Waals surface area contributed by atoms with Crippen LogP contribution in [0.5, 0.6) is 0 Å². The molecule has 0 bridgehead atoms. The fourth-order valence-corrected chi connectivity index (χ4v) is 1.06. The Morgan fingerprint density at radius 3 is 2.42 bits per heavy atom. The van der Waals surface area contributed by atoms with Crippen LogP contribution in [0.25, 0.3) is 0 Å². The second-order valence-electron chi connectivity index (χ2n) is 2.98. The summed E-state index contributed by atoms with van der Waals surface area (Å²) in [7, 11) is 0. The lowest BCUT2D eigenvalue weighted by atomic mass is 10.0. The van der Waals surface area contributed by atoms with Crippen molar-refractivity contribution in [1.82, 2.24) is 0 Å². The summed E-state index contributed by atoms with van der Waals surface area (Å²) in [5, 5.41) is 2.83. The van der Waals surface area contributed by atoms with Crippen LogP contribution in [0.1, 0.15) is 46.0 Å². The first kappa shape index (κ1) is 11.3. The van der Waals surface area contributed by atoms with Crippen molar-refractivity contribution in [2.24, 2.45) is 5.18 Å². The minimum Gasteiger partial charge on any atom is -0.297 e. The smallest absolute Gasteiger partial charge is 0.160 e. The zero-order chi connectivity index (χ0) is 9.40. The zero-order valence-electron chi connectivity index (χ0n) is 7.88. The Hall–Kier alpha value is -0.730. The van der Waals surface area contributed by atoms with Crippen molar-refractivity contribution >= 4 is 5.78 Å². The fraction of sp³-hybridized carbons (Fsp3) is 0.889. The number of carbonyl (C=O) groups excluding carboxylic acids is 1. The van der Waals surface area contributed by atoms with E-state index in [9.17, 15) is 9.70 Å². The molecule has 3 nitrogen and oxygen atoms in total. The Labute approximate surface area is 73.5 Å². The van der Waals surface area contributed by atoms with Gasteiger partial charge in [0.15, 0.2) is 5.78 Å². The molecule has 0 aromatic heterocycles. The van der Waals surface area contributed by atoms with E-state index in [0.29, 0.717) is 12.8 Å². The zero-order valence-corrected chi connectivity index (χ0v) is 7.88. The maximum absolute atomic E-state index is 11.2. The van der Waals surface area contributed by atoms with E-state index in [1.54, 1.807) is 0 Å². The predicted octanol–water partition coefficient (Wildman–Crippen LogP) is 2.68. The van der Waals surface area contributed by atoms with Gasteiger partial charge in [0.25, 0.3) is 0 Å². The number of hydrogen-bond acceptors (Lipinski definition) is 3. The van der Waals surface area contributed by atoms with Gasteiger partial charge in [-0.15, -0.1) is 0 Å². The summed E-state index contributed by atoms with van der Waals surface area (Å²) in [6, 6.07) is -0.582. The van der Waals surface area contributed by atoms with Gasteiger partial charge in [0.1, 0.15) is 6.04 Å². The van der Waals surface area contributed by atoms with Crippen LogP contribution >= 0.6 is 0 Å². The highest BCUT2D eigenvalue weighted by atomic mass is 16.3. The fourth-order valence-electron chi connectivity index (χ4n) is 1.06. The number of unbranched alkanes of at least 4 members (excludes halogenated alkanes) is 1. The Kier molecular flexibility index (Phi) is 6.53. The maximum Gasteiger partial charge on any atom is 0.160 e. The summed E-state index contributed by atoms with van der Waals surface area (Å²) in [4.78, 5) is 21.5. The van der Waals surface area contributed by atoms with Crippen molar-refractivity contribution < 1.29 is 4.79 Å². The highest BCUT2D eigenvalue weighted by molar-refractivity contribution is 5.84. The van der Waals surface area contributed by atoms with E-state index in [2.05, 4.69) is 5.18 Å². The van der Waals surface area contributed by atoms with Crippen LogP contribution in [0.3, 0.4) is 0 Å². The van der Waals surface area contributed by atoms with E-state index in [0.717, 1.165) is 19.3 Å². The summed E-state index contributed by atoms with van der Waals surface area (Å²) in [6.45, 7) is 3.97. The lowest BCUT2D eigenvalue weighted by Crippen LogP contribution is -2.17. The van der Waals surface area contributed by atoms with Gasteiger partial charge in [-0.25, -0.2) is 0 Å². The number of hydrogen-bond donors (Lipinski definition) is 0. The minimum atomic E-state index is -0.582. The molecule has 0 N–H and O–H groups in total. The molecule has 1 atom stereocenters. The number of carbonyl (C=O) groups is 1. The first-order valence-electron chi connectivity index (χ1n) is 4.61. The number of nitrogens with zero attached hydrogens (tertiary/aromatic N) is 1. The van der Waals surface area contributed by atoms with E-state index in [-0.39, 0.29) is 5.78 Å². The van der Waals surface area contributed by atoms with E-state index >= 15 is 0 Å². The molecule has 0 radical (unpaired) electrons. The third kappa shape index (κ3) is 4.21. The van der Waals surface area contributed by atoms with Gasteiger partial charge in [0.2, 0.25) is 0 Å². The largest absolute Gasteiger partial charge is 0.297 e. The average molecular weight is 171 g/mol. The second kappa shape index (κ2) is 6.95. The Morgan fingerprint density at radius 1 is 1.33 bits per heavy atom. The molecule has 0 aromatic rings. The normalized spacial score (nSPS) is 12.5. The summed E-state index contributed by atoms with van der Waals surface area (Å²) in [5.41, 5.74) is 0. The summed E-state index contributed by atoms with van der Waals surface area (Å²) in [5.74, 6) is 0.00806. The van der Waals surface area contributed by atoms with E-state index in [1.165, 1.54) is 0 Å². The van der Waals surface area contributed by atoms with Crippen LogP contribution < -0.4 is 0 Å². The van der Waals surface area contributed by atoms with Gasteiger partial charge in [0.05, 0.1) is 0 Å². The third-order valence-corrected chi connectivity index (χ3v) is 1.84. The maximum atomic E-state index is 11.2. The second-order valence-corrected chi connectivity index (χ2v) is 2.98. The number of ketones is 1. The molecule has 0 aromatic carbocycles. The van der Waals surface area contributed by atoms with Gasteiger partial charge < -0.3 is 0 Å². The molecule has 0 saturated heterocycles. The Balaban J connectivity index is 3.77. The van der Waals surface area contributed by atoms with Gasteiger partial charge >= 0.3 is 0 Å². The first-order chi connectivity index (χ1) is 5.76. The summed E-state index contributed by atoms with van der Waals surface area (Å²) < 4.78 is 0. The van der Waals surface area contributed by atoms with Crippen molar-refractivity contribution in [3.8, 4) is 0 Å². The highest BCUT2D eigenvalue weighted by Gasteiger charge is 2.16. The van der Waals surface area contributed by atoms with Crippen molar-refractivity contribution in [3.05, 3.63) is 4.91 Å². The van der Waals surface area contributed by atoms with E-state index in [4.69, 9.17) is 0 Å². The van der Waals surface area contributed by atoms with Crippen molar-refractivity contribution in [3.63, 3.8) is 0 Å². The van der Waals surface area contributed by atoms with Gasteiger partial charge in [0, 0.05) is 6.42 Å². The molecular weight excluding hydrogens is 154 g/mol. The van der Waals surface area contributed by atoms with Crippen molar-refractivity contribution in [2.75, 3.05) is 0 Å². The molecule has 0 aliphatic rings. The molecule has 0 saturated carbocycles. The van der Waals surface area contributed by atoms with Crippen LogP contribution in [0.2, 0.25) is 0 Å². The highest BCUT2D eigenvalue weighted by Crippen LogP contribution is 2.07. The van der Waals surface area contributed by atoms with Crippen LogP contribution in [0.4, 0.5) is 0 Å². The Morgan fingerprint density at radius 2 is 2.00 bits per heavy atom. The summed E-state index contributed by atoms with van der Waals surface area (Å²) >= 11 is 0. The van der Waals surface area contributed by atoms with Gasteiger partial charge in [-0.05, 0) is 12.8 Å². The molecule has 0 heterocycles. The Bertz CT molecular complexity index is 145. The lowest BCUT2D eigenvalue weighted by Gasteiger charge is -2.04. The van der Waals surface area contributed by atoms with E-state index < -0.39 is 6.04 Å². The van der Waals surface area contributed by atoms with E-state index in [1.807, 2.05) is 13.8 Å². The molecule has 0 aliphatic carbocycles. The van der Waals surface area contributed by atoms with Crippen LogP contribution in [0.15, 0.2) is 5.18 Å². The molecule has 70 valence electrons. The van der Waals surface area contributed by atoms with Crippen LogP contribution in [-0.2, 0) is 4.79 Å². The van der Waals surface area contributed by atoms with Crippen molar-refractivity contribution in [1.29, 1.82) is 0 Å². The standard InChI is InChI=1S/C9H17NO2/c1-3-5-7-9(11)8(10-12)6-4-2/h8H,3-7H2,1-2H3. The van der Waals surface area contributed by atoms with Gasteiger partial charge in [-0.2, -0.15) is 4.91 Å². The SMILES string of the molecule is CCCCC(=O)C(CCC)N=O. The van der Waals surface area contributed by atoms with Gasteiger partial charge in [-0.3, -0.25) is 4.79 Å². The molecule has 0 rings (SSSR count). The molecule has 0 spiro atoms. The topological polar surface area (TPSA) is 46.5 Å². The number of nitroso groups, excluding NO2 is 1. The summed E-state index contributed by atoms with van der Waals surface area (Å²) in [6.07, 6.45) is 3.81. The predicted molar refractivity (Wildman–Crippen MR) is 49.0 cm³/mol. The number of rotatable bonds is 7. The molecule has 3 heteroatoms. The minimum absolute atomic E-state index is 0.00806. The molecule has 0 aliphatic heterocycles.